The highest BCUT2D eigenvalue weighted by Crippen LogP contribution is 2.09. The number of benzene rings is 1. The van der Waals surface area contributed by atoms with Crippen molar-refractivity contribution in [2.24, 2.45) is 0 Å². The van der Waals surface area contributed by atoms with Gasteiger partial charge in [0, 0.05) is 6.92 Å². The number of fused-ring (bicyclic) bond motifs is 1. The molecular formula is C18H20ClN5O4. The average molecular weight is 406 g/mol. The van der Waals surface area contributed by atoms with Crippen LogP contribution in [0.5, 0.6) is 0 Å². The van der Waals surface area contributed by atoms with Crippen molar-refractivity contribution in [3.8, 4) is 0 Å². The largest absolute Gasteiger partial charge is 0.375 e. The summed E-state index contributed by atoms with van der Waals surface area (Å²) >= 11 is 6.22. The first-order valence-corrected chi connectivity index (χ1v) is 9.03. The second-order valence-electron chi connectivity index (χ2n) is 6.08. The van der Waals surface area contributed by atoms with Crippen LogP contribution in [-0.2, 0) is 27.6 Å². The van der Waals surface area contributed by atoms with E-state index in [4.69, 9.17) is 21.1 Å². The van der Waals surface area contributed by atoms with Crippen molar-refractivity contribution < 1.29 is 14.3 Å². The number of nitrogens with one attached hydrogen (secondary N) is 2. The van der Waals surface area contributed by atoms with Gasteiger partial charge in [-0.05, 0) is 5.56 Å². The number of nitrogens with zero attached hydrogens (tertiary/aromatic N) is 3. The first kappa shape index (κ1) is 20.0. The summed E-state index contributed by atoms with van der Waals surface area (Å²) in [7, 11) is 0. The maximum atomic E-state index is 12.0. The maximum Gasteiger partial charge on any atom is 0.280 e. The third-order valence-corrected chi connectivity index (χ3v) is 3.96. The minimum atomic E-state index is -0.447. The van der Waals surface area contributed by atoms with Crippen molar-refractivity contribution in [1.82, 2.24) is 19.5 Å². The lowest BCUT2D eigenvalue weighted by Crippen LogP contribution is -2.18. The Morgan fingerprint density at radius 1 is 1.29 bits per heavy atom. The van der Waals surface area contributed by atoms with Crippen LogP contribution in [0, 0.1) is 0 Å². The molecule has 2 N–H and O–H groups in total. The topological polar surface area (TPSA) is 111 Å². The lowest BCUT2D eigenvalue weighted by Gasteiger charge is -2.12. The fourth-order valence-electron chi connectivity index (χ4n) is 2.48. The molecule has 10 heteroatoms. The predicted octanol–water partition coefficient (Wildman–Crippen LogP) is 1.88. The van der Waals surface area contributed by atoms with Crippen LogP contribution in [0.3, 0.4) is 0 Å². The molecule has 1 atom stereocenters. The van der Waals surface area contributed by atoms with E-state index in [2.05, 4.69) is 20.3 Å². The molecule has 2 aromatic heterocycles. The second kappa shape index (κ2) is 9.45. The summed E-state index contributed by atoms with van der Waals surface area (Å²) in [6.45, 7) is 2.50. The van der Waals surface area contributed by atoms with Gasteiger partial charge in [0.1, 0.15) is 6.73 Å². The molecule has 148 valence electrons. The van der Waals surface area contributed by atoms with Crippen molar-refractivity contribution in [2.75, 3.05) is 18.5 Å². The zero-order valence-electron chi connectivity index (χ0n) is 15.2. The van der Waals surface area contributed by atoms with Crippen LogP contribution in [0.1, 0.15) is 12.5 Å². The van der Waals surface area contributed by atoms with E-state index in [0.717, 1.165) is 5.56 Å². The van der Waals surface area contributed by atoms with Crippen LogP contribution in [0.25, 0.3) is 11.2 Å². The van der Waals surface area contributed by atoms with E-state index in [0.29, 0.717) is 18.9 Å². The van der Waals surface area contributed by atoms with Crippen LogP contribution in [0.2, 0.25) is 0 Å². The van der Waals surface area contributed by atoms with Crippen LogP contribution in [0.4, 0.5) is 5.95 Å². The third kappa shape index (κ3) is 5.38. The molecule has 0 aliphatic heterocycles. The Balaban J connectivity index is 1.51. The van der Waals surface area contributed by atoms with Gasteiger partial charge in [0.25, 0.3) is 5.56 Å². The van der Waals surface area contributed by atoms with Crippen molar-refractivity contribution in [2.45, 2.75) is 25.6 Å². The highest BCUT2D eigenvalue weighted by molar-refractivity contribution is 6.20. The molecule has 1 aromatic carbocycles. The third-order valence-electron chi connectivity index (χ3n) is 3.71. The van der Waals surface area contributed by atoms with Crippen molar-refractivity contribution in [1.29, 1.82) is 0 Å². The summed E-state index contributed by atoms with van der Waals surface area (Å²) in [5, 5.41) is 2.11. The first-order chi connectivity index (χ1) is 13.5. The monoisotopic (exact) mass is 405 g/mol. The average Bonchev–Trinajstić information content (AvgIpc) is 3.06. The normalized spacial score (nSPS) is 12.2. The highest BCUT2D eigenvalue weighted by atomic mass is 35.5. The van der Waals surface area contributed by atoms with Gasteiger partial charge < -0.3 is 9.47 Å². The molecule has 28 heavy (non-hydrogen) atoms. The molecule has 3 aromatic rings. The van der Waals surface area contributed by atoms with Crippen LogP contribution < -0.4 is 10.9 Å². The number of hydrogen-bond acceptors (Lipinski definition) is 6. The molecule has 9 nitrogen and oxygen atoms in total. The molecule has 1 unspecified atom stereocenters. The quantitative estimate of drug-likeness (QED) is 0.526. The molecule has 0 saturated heterocycles. The van der Waals surface area contributed by atoms with E-state index in [9.17, 15) is 9.59 Å². The van der Waals surface area contributed by atoms with Crippen molar-refractivity contribution in [3.63, 3.8) is 0 Å². The Bertz CT molecular complexity index is 989. The van der Waals surface area contributed by atoms with Gasteiger partial charge in [0.2, 0.25) is 11.9 Å². The van der Waals surface area contributed by atoms with Gasteiger partial charge >= 0.3 is 0 Å². The number of hydrogen-bond donors (Lipinski definition) is 2. The number of H-pyrrole nitrogens is 1. The molecule has 0 saturated carbocycles. The number of anilines is 1. The van der Waals surface area contributed by atoms with E-state index in [-0.39, 0.29) is 36.1 Å². The fourth-order valence-corrected chi connectivity index (χ4v) is 2.66. The highest BCUT2D eigenvalue weighted by Gasteiger charge is 2.12. The Labute approximate surface area is 165 Å². The zero-order chi connectivity index (χ0) is 19.9. The molecule has 2 heterocycles. The minimum Gasteiger partial charge on any atom is -0.375 e. The van der Waals surface area contributed by atoms with E-state index >= 15 is 0 Å². The number of imidazole rings is 1. The summed E-state index contributed by atoms with van der Waals surface area (Å²) in [5.41, 5.74) is 1.09. The molecule has 1 amide bonds. The molecule has 0 radical (unpaired) electrons. The number of alkyl halides is 1. The molecule has 0 fully saturated rings. The zero-order valence-corrected chi connectivity index (χ0v) is 16.0. The smallest absolute Gasteiger partial charge is 0.280 e. The lowest BCUT2D eigenvalue weighted by atomic mass is 10.2. The molecule has 0 bridgehead atoms. The Hall–Kier alpha value is -2.75. The summed E-state index contributed by atoms with van der Waals surface area (Å²) < 4.78 is 12.7. The predicted molar refractivity (Wildman–Crippen MR) is 104 cm³/mol. The summed E-state index contributed by atoms with van der Waals surface area (Å²) in [5.74, 6) is -0.290. The number of aromatic nitrogens is 4. The summed E-state index contributed by atoms with van der Waals surface area (Å²) in [6, 6.07) is 9.81. The Morgan fingerprint density at radius 3 is 2.79 bits per heavy atom. The molecule has 3 rings (SSSR count). The number of aromatic amines is 1. The molecule has 0 aliphatic rings. The first-order valence-electron chi connectivity index (χ1n) is 8.59. The van der Waals surface area contributed by atoms with Gasteiger partial charge in [-0.15, -0.1) is 11.6 Å². The van der Waals surface area contributed by atoms with E-state index in [1.54, 1.807) is 4.57 Å². The number of amides is 1. The van der Waals surface area contributed by atoms with Gasteiger partial charge in [-0.2, -0.15) is 4.98 Å². The number of halogens is 1. The number of carbonyl (C=O) groups is 1. The molecule has 0 aliphatic carbocycles. The van der Waals surface area contributed by atoms with Crippen LogP contribution >= 0.6 is 11.6 Å². The van der Waals surface area contributed by atoms with Gasteiger partial charge in [0.05, 0.1) is 31.5 Å². The maximum absolute atomic E-state index is 12.0. The number of carbonyl (C=O) groups excluding carboxylic acids is 1. The molecular weight excluding hydrogens is 386 g/mol. The van der Waals surface area contributed by atoms with Crippen LogP contribution in [0.15, 0.2) is 41.5 Å². The number of ether oxygens (including phenoxy) is 2. The van der Waals surface area contributed by atoms with Gasteiger partial charge in [-0.25, -0.2) is 4.98 Å². The second-order valence-corrected chi connectivity index (χ2v) is 6.70. The molecule has 0 spiro atoms. The van der Waals surface area contributed by atoms with Gasteiger partial charge in [-0.1, -0.05) is 30.3 Å². The Kier molecular flexibility index (Phi) is 6.75. The van der Waals surface area contributed by atoms with E-state index < -0.39 is 5.56 Å². The lowest BCUT2D eigenvalue weighted by molar-refractivity contribution is -0.114. The van der Waals surface area contributed by atoms with Gasteiger partial charge in [0.15, 0.2) is 11.2 Å². The number of rotatable bonds is 9. The van der Waals surface area contributed by atoms with E-state index in [1.165, 1.54) is 13.3 Å². The summed E-state index contributed by atoms with van der Waals surface area (Å²) in [4.78, 5) is 33.8. The van der Waals surface area contributed by atoms with Crippen molar-refractivity contribution >= 4 is 34.6 Å². The summed E-state index contributed by atoms with van der Waals surface area (Å²) in [6.07, 6.45) is 1.44. The standard InChI is InChI=1S/C18H20ClN5O4/c1-12(25)21-18-22-16-15(17(26)23-18)20-10-24(16)11-28-9-14(19)8-27-7-13-5-3-2-4-6-13/h2-6,10,14H,7-9,11H2,1H3,(H2,21,22,23,25,26). The fraction of sp³-hybridized carbons (Fsp3) is 0.333. The van der Waals surface area contributed by atoms with Crippen molar-refractivity contribution in [3.05, 3.63) is 52.6 Å². The van der Waals surface area contributed by atoms with Crippen LogP contribution in [-0.4, -0.2) is 44.0 Å². The van der Waals surface area contributed by atoms with Gasteiger partial charge in [-0.3, -0.25) is 24.5 Å². The SMILES string of the molecule is CC(=O)Nc1nc2c(ncn2COCC(Cl)COCc2ccccc2)c(=O)[nH]1. The minimum absolute atomic E-state index is 0.0521. The Morgan fingerprint density at radius 2 is 2.04 bits per heavy atom. The van der Waals surface area contributed by atoms with E-state index in [1.807, 2.05) is 30.3 Å².